The highest BCUT2D eigenvalue weighted by atomic mass is 15.1. The lowest BCUT2D eigenvalue weighted by atomic mass is 9.87. The van der Waals surface area contributed by atoms with E-state index in [4.69, 9.17) is 0 Å². The smallest absolute Gasteiger partial charge is 0.0520 e. The highest BCUT2D eigenvalue weighted by molar-refractivity contribution is 5.84. The normalized spacial score (nSPS) is 15.2. The first-order valence-corrected chi connectivity index (χ1v) is 23.7. The Morgan fingerprint density at radius 3 is 1.68 bits per heavy atom. The fourth-order valence-electron chi connectivity index (χ4n) is 8.50. The average molecular weight is 873 g/mol. The van der Waals surface area contributed by atoms with Crippen LogP contribution in [0.3, 0.4) is 0 Å². The molecule has 0 fully saturated rings. The zero-order chi connectivity index (χ0) is 48.7. The molecule has 2 nitrogen and oxygen atoms in total. The van der Waals surface area contributed by atoms with Gasteiger partial charge in [-0.05, 0) is 181 Å². The van der Waals surface area contributed by atoms with Gasteiger partial charge in [0.1, 0.15) is 0 Å². The molecule has 3 aliphatic rings. The van der Waals surface area contributed by atoms with E-state index in [0.29, 0.717) is 0 Å². The summed E-state index contributed by atoms with van der Waals surface area (Å²) in [6.45, 7) is 41.9. The predicted octanol–water partition coefficient (Wildman–Crippen LogP) is 18.8. The van der Waals surface area contributed by atoms with Crippen LogP contribution in [-0.4, -0.2) is 4.90 Å². The molecule has 0 atom stereocenters. The number of rotatable bonds is 11. The molecule has 66 heavy (non-hydrogen) atoms. The van der Waals surface area contributed by atoms with Crippen LogP contribution in [0.25, 0.3) is 27.8 Å². The number of nitrogens with zero attached hydrogens (tertiary/aromatic N) is 2. The van der Waals surface area contributed by atoms with Gasteiger partial charge in [0.2, 0.25) is 0 Å². The first-order valence-electron chi connectivity index (χ1n) is 23.7. The van der Waals surface area contributed by atoms with Crippen molar-refractivity contribution in [2.75, 3.05) is 4.90 Å². The van der Waals surface area contributed by atoms with E-state index in [1.165, 1.54) is 83.8 Å². The molecule has 1 aliphatic carbocycles. The lowest BCUT2D eigenvalue weighted by Gasteiger charge is -2.27. The number of anilines is 1. The molecule has 0 saturated heterocycles. The maximum atomic E-state index is 4.05. The molecule has 0 radical (unpaired) electrons. The summed E-state index contributed by atoms with van der Waals surface area (Å²) < 4.78 is 0. The van der Waals surface area contributed by atoms with Crippen LogP contribution < -0.4 is 4.90 Å². The Kier molecular flexibility index (Phi) is 19.0. The number of aryl methyl sites for hydroxylation is 2. The van der Waals surface area contributed by atoms with Gasteiger partial charge in [-0.2, -0.15) is 0 Å². The van der Waals surface area contributed by atoms with Crippen LogP contribution in [0, 0.1) is 26.2 Å². The highest BCUT2D eigenvalue weighted by Gasteiger charge is 2.21. The maximum Gasteiger partial charge on any atom is 0.0520 e. The van der Waals surface area contributed by atoms with Crippen molar-refractivity contribution in [3.8, 4) is 11.1 Å². The summed E-state index contributed by atoms with van der Waals surface area (Å²) in [6, 6.07) is 20.0. The molecule has 6 rings (SSSR count). The summed E-state index contributed by atoms with van der Waals surface area (Å²) in [4.78, 5) is 4.50. The lowest BCUT2D eigenvalue weighted by Crippen LogP contribution is -2.16. The Hall–Kier alpha value is -6.60. The first-order chi connectivity index (χ1) is 31.6. The Labute approximate surface area is 401 Å². The van der Waals surface area contributed by atoms with E-state index >= 15 is 0 Å². The minimum atomic E-state index is 0.229. The molecule has 0 N–H and O–H groups in total. The van der Waals surface area contributed by atoms with Crippen molar-refractivity contribution < 1.29 is 0 Å². The van der Waals surface area contributed by atoms with Crippen molar-refractivity contribution in [3.63, 3.8) is 0 Å². The largest absolute Gasteiger partial charge is 0.323 e. The zero-order valence-electron chi connectivity index (χ0n) is 42.8. The molecule has 0 aromatic heterocycles. The van der Waals surface area contributed by atoms with Crippen LogP contribution in [0.1, 0.15) is 122 Å². The summed E-state index contributed by atoms with van der Waals surface area (Å²) in [6.07, 6.45) is 34.3. The van der Waals surface area contributed by atoms with E-state index in [1.807, 2.05) is 39.0 Å². The van der Waals surface area contributed by atoms with E-state index in [-0.39, 0.29) is 5.41 Å². The lowest BCUT2D eigenvalue weighted by molar-refractivity contribution is 0.519. The van der Waals surface area contributed by atoms with E-state index in [2.05, 4.69) is 239 Å². The van der Waals surface area contributed by atoms with Crippen molar-refractivity contribution >= 4 is 22.4 Å². The molecule has 0 saturated carbocycles. The molecule has 0 bridgehead atoms. The Morgan fingerprint density at radius 1 is 0.697 bits per heavy atom. The topological polar surface area (TPSA) is 6.48 Å². The van der Waals surface area contributed by atoms with Gasteiger partial charge in [-0.3, -0.25) is 0 Å². The van der Waals surface area contributed by atoms with E-state index in [0.717, 1.165) is 35.1 Å². The van der Waals surface area contributed by atoms with Gasteiger partial charge in [-0.25, -0.2) is 0 Å². The monoisotopic (exact) mass is 873 g/mol. The molecular weight excluding hydrogens is 797 g/mol. The zero-order valence-corrected chi connectivity index (χ0v) is 42.8. The van der Waals surface area contributed by atoms with Gasteiger partial charge < -0.3 is 9.80 Å². The molecule has 3 aromatic rings. The maximum absolute atomic E-state index is 4.05. The second-order valence-electron chi connectivity index (χ2n) is 17.9. The minimum absolute atomic E-state index is 0.229. The summed E-state index contributed by atoms with van der Waals surface area (Å²) in [7, 11) is 0. The van der Waals surface area contributed by atoms with Gasteiger partial charge in [0.15, 0.2) is 0 Å². The van der Waals surface area contributed by atoms with Gasteiger partial charge in [-0.1, -0.05) is 164 Å². The third kappa shape index (κ3) is 12.6. The molecule has 0 spiro atoms. The highest BCUT2D eigenvalue weighted by Crippen LogP contribution is 2.39. The van der Waals surface area contributed by atoms with Crippen molar-refractivity contribution in [2.24, 2.45) is 5.41 Å². The van der Waals surface area contributed by atoms with Gasteiger partial charge in [0.05, 0.1) is 11.4 Å². The van der Waals surface area contributed by atoms with Crippen molar-refractivity contribution in [1.29, 1.82) is 0 Å². The van der Waals surface area contributed by atoms with Gasteiger partial charge in [0.25, 0.3) is 0 Å². The van der Waals surface area contributed by atoms with Gasteiger partial charge >= 0.3 is 0 Å². The Bertz CT molecular complexity index is 2630. The van der Waals surface area contributed by atoms with Crippen LogP contribution in [-0.2, 0) is 0 Å². The molecule has 2 heteroatoms. The Morgan fingerprint density at radius 2 is 1.21 bits per heavy atom. The quantitative estimate of drug-likeness (QED) is 0.140. The summed E-state index contributed by atoms with van der Waals surface area (Å²) in [5, 5.41) is 0. The fraction of sp³-hybridized carbons (Fsp3) is 0.266. The summed E-state index contributed by atoms with van der Waals surface area (Å²) >= 11 is 0. The van der Waals surface area contributed by atoms with Gasteiger partial charge in [0, 0.05) is 30.4 Å². The van der Waals surface area contributed by atoms with E-state index in [1.54, 1.807) is 0 Å². The summed E-state index contributed by atoms with van der Waals surface area (Å²) in [5.41, 5.74) is 26.7. The first kappa shape index (κ1) is 52.0. The van der Waals surface area contributed by atoms with Crippen LogP contribution >= 0.6 is 0 Å². The number of unbranched alkanes of at least 4 members (excludes halogenated alkanes) is 1. The molecule has 2 heterocycles. The molecule has 0 amide bonds. The summed E-state index contributed by atoms with van der Waals surface area (Å²) in [5.74, 6) is 0. The number of hydrogen-bond donors (Lipinski definition) is 0. The van der Waals surface area contributed by atoms with Crippen LogP contribution in [0.4, 0.5) is 5.69 Å². The minimum Gasteiger partial charge on any atom is -0.323 e. The van der Waals surface area contributed by atoms with Crippen LogP contribution in [0.15, 0.2) is 211 Å². The van der Waals surface area contributed by atoms with Crippen molar-refractivity contribution in [2.45, 2.75) is 110 Å². The predicted molar refractivity (Wildman–Crippen MR) is 295 cm³/mol. The van der Waals surface area contributed by atoms with E-state index < -0.39 is 0 Å². The molecule has 2 aliphatic heterocycles. The third-order valence-corrected chi connectivity index (χ3v) is 12.0. The average Bonchev–Trinajstić information content (AvgIpc) is 3.42. The molecule has 0 unspecified atom stereocenters. The molecule has 3 aromatic carbocycles. The van der Waals surface area contributed by atoms with Crippen LogP contribution in [0.5, 0.6) is 0 Å². The number of allylic oxidation sites excluding steroid dienone is 19. The number of hydrogen-bond acceptors (Lipinski definition) is 2. The van der Waals surface area contributed by atoms with Crippen LogP contribution in [0.2, 0.25) is 0 Å². The molecule has 342 valence electrons. The molecular formula is C64H76N2. The standard InChI is InChI=1S/C53H54N2.C9H16.C2H6/c1-11-15-16-43(14-4)45-17-21-48(22-18-45)50-34-36(5)33-38(7)52(40(50)9)54-29-25-46(26-30-54)47-27-31-55(32-28-47)53-39(8)35-37(6)51(41(53)10)49-23-19-44(20-24-49)42(12-2)13-3;1-6-7-8(2)9(3,4)5;1-2/h12-14,16-33,35H,2,4,11,15H2,1,3,5-10H3;6-7H,2H2,1,3-5H3;1-2H3/b42-13+,43-16+;7-6-;. The second kappa shape index (κ2) is 24.1. The van der Waals surface area contributed by atoms with E-state index in [9.17, 15) is 0 Å². The van der Waals surface area contributed by atoms with Gasteiger partial charge in [-0.15, -0.1) is 5.73 Å². The second-order valence-corrected chi connectivity index (χ2v) is 17.9. The fourth-order valence-corrected chi connectivity index (χ4v) is 8.50. The third-order valence-electron chi connectivity index (χ3n) is 12.0. The van der Waals surface area contributed by atoms with Crippen molar-refractivity contribution in [1.82, 2.24) is 4.90 Å². The SMILES string of the molecule is C=C(/C=C\C)C(C)(C)C.C=C/C(=C\CCC)c1ccc(C2=C=C(C)C=C(C)C(N3C=CC(=C4C=CN(c5c(C)cc(C)c(-c6ccc(/C(C=C)=C/C)cc6)c5C)C=C4)C=C3)=C2C)cc1.CC. The Balaban J connectivity index is 0.000000774. The number of benzene rings is 3. The van der Waals surface area contributed by atoms with Crippen molar-refractivity contribution in [3.05, 3.63) is 244 Å².